The largest absolute Gasteiger partial charge is 0.496 e. The molecular weight excluding hydrogens is 240 g/mol. The van der Waals surface area contributed by atoms with E-state index in [2.05, 4.69) is 26.1 Å². The fraction of sp³-hybridized carbons (Fsp3) is 0.400. The summed E-state index contributed by atoms with van der Waals surface area (Å²) in [7, 11) is 8.07. The number of Topliss-reactive ketones (excluding diaryl/α,β-unsaturated/α-hetero) is 1. The summed E-state index contributed by atoms with van der Waals surface area (Å²) in [6.07, 6.45) is 1.98. The molecule has 19 heavy (non-hydrogen) atoms. The number of H-pyrrole nitrogens is 1. The van der Waals surface area contributed by atoms with Gasteiger partial charge in [0, 0.05) is 17.3 Å². The lowest BCUT2D eigenvalue weighted by Crippen LogP contribution is -2.33. The van der Waals surface area contributed by atoms with Crippen LogP contribution < -0.4 is 4.74 Å². The minimum absolute atomic E-state index is 0.0614. The second-order valence-electron chi connectivity index (χ2n) is 5.88. The number of benzene rings is 1. The number of hydrogen-bond acceptors (Lipinski definition) is 2. The quantitative estimate of drug-likeness (QED) is 0.679. The lowest BCUT2D eigenvalue weighted by molar-refractivity contribution is -0.883. The normalized spacial score (nSPS) is 11.8. The Morgan fingerprint density at radius 2 is 2.00 bits per heavy atom. The number of quaternary nitrogens is 1. The van der Waals surface area contributed by atoms with E-state index >= 15 is 0 Å². The number of fused-ring (bicyclic) bond motifs is 1. The second-order valence-corrected chi connectivity index (χ2v) is 5.88. The zero-order valence-corrected chi connectivity index (χ0v) is 12.2. The first-order chi connectivity index (χ1) is 8.83. The van der Waals surface area contributed by atoms with Crippen LogP contribution in [-0.2, 0) is 6.54 Å². The van der Waals surface area contributed by atoms with Gasteiger partial charge in [0.2, 0.25) is 0 Å². The van der Waals surface area contributed by atoms with Crippen molar-refractivity contribution in [1.82, 2.24) is 4.98 Å². The highest BCUT2D eigenvalue weighted by Gasteiger charge is 2.19. The van der Waals surface area contributed by atoms with Crippen molar-refractivity contribution in [3.05, 3.63) is 29.5 Å². The molecule has 102 valence electrons. The number of methoxy groups -OCH3 is 1. The number of rotatable bonds is 4. The summed E-state index contributed by atoms with van der Waals surface area (Å²) in [5.74, 6) is 0.871. The van der Waals surface area contributed by atoms with E-state index in [1.165, 1.54) is 5.56 Å². The second kappa shape index (κ2) is 4.70. The first-order valence-corrected chi connectivity index (χ1v) is 6.32. The fourth-order valence-electron chi connectivity index (χ4n) is 2.38. The van der Waals surface area contributed by atoms with Gasteiger partial charge in [-0.15, -0.1) is 0 Å². The summed E-state index contributed by atoms with van der Waals surface area (Å²) >= 11 is 0. The smallest absolute Gasteiger partial charge is 0.161 e. The number of aromatic nitrogens is 1. The number of nitrogens with one attached hydrogen (secondary N) is 1. The molecule has 0 aliphatic heterocycles. The Labute approximate surface area is 113 Å². The van der Waals surface area contributed by atoms with Gasteiger partial charge in [0.15, 0.2) is 5.78 Å². The van der Waals surface area contributed by atoms with Crippen LogP contribution in [0.4, 0.5) is 0 Å². The molecule has 0 saturated carbocycles. The summed E-state index contributed by atoms with van der Waals surface area (Å²) in [6, 6.07) is 3.68. The molecule has 0 aliphatic rings. The van der Waals surface area contributed by atoms with Crippen molar-refractivity contribution in [1.29, 1.82) is 0 Å². The van der Waals surface area contributed by atoms with Gasteiger partial charge in [0.25, 0.3) is 0 Å². The van der Waals surface area contributed by atoms with Crippen LogP contribution >= 0.6 is 0 Å². The number of ether oxygens (including phenoxy) is 1. The molecule has 0 atom stereocenters. The van der Waals surface area contributed by atoms with Gasteiger partial charge in [-0.25, -0.2) is 0 Å². The van der Waals surface area contributed by atoms with Gasteiger partial charge in [-0.1, -0.05) is 0 Å². The van der Waals surface area contributed by atoms with Crippen molar-refractivity contribution in [3.8, 4) is 5.75 Å². The average Bonchev–Trinajstić information content (AvgIpc) is 2.69. The van der Waals surface area contributed by atoms with E-state index < -0.39 is 0 Å². The molecule has 0 spiro atoms. The number of aromatic amines is 1. The maximum absolute atomic E-state index is 11.7. The molecule has 0 saturated heterocycles. The Morgan fingerprint density at radius 1 is 1.32 bits per heavy atom. The van der Waals surface area contributed by atoms with E-state index in [4.69, 9.17) is 4.74 Å². The third kappa shape index (κ3) is 2.63. The van der Waals surface area contributed by atoms with Crippen LogP contribution in [0.2, 0.25) is 0 Å². The number of nitrogens with zero attached hydrogens (tertiary/aromatic N) is 1. The molecule has 1 aromatic carbocycles. The number of ketones is 1. The first kappa shape index (κ1) is 13.6. The van der Waals surface area contributed by atoms with Crippen molar-refractivity contribution in [3.63, 3.8) is 0 Å². The van der Waals surface area contributed by atoms with E-state index in [9.17, 15) is 4.79 Å². The highest BCUT2D eigenvalue weighted by molar-refractivity contribution is 6.08. The van der Waals surface area contributed by atoms with Crippen molar-refractivity contribution >= 4 is 16.7 Å². The van der Waals surface area contributed by atoms with Crippen molar-refractivity contribution in [2.75, 3.05) is 28.3 Å². The van der Waals surface area contributed by atoms with Crippen molar-refractivity contribution in [2.24, 2.45) is 0 Å². The van der Waals surface area contributed by atoms with Gasteiger partial charge in [-0.3, -0.25) is 4.79 Å². The molecule has 4 heteroatoms. The van der Waals surface area contributed by atoms with Crippen LogP contribution in [-0.4, -0.2) is 43.5 Å². The lowest BCUT2D eigenvalue weighted by Gasteiger charge is -2.23. The topological polar surface area (TPSA) is 42.1 Å². The number of carbonyl (C=O) groups excluding carboxylic acids is 1. The van der Waals surface area contributed by atoms with Crippen LogP contribution in [0.5, 0.6) is 5.75 Å². The standard InChI is InChI=1S/C15H20N2O2/c1-10(18)12-6-7-13(19-5)14-11(8-16-15(12)14)9-17(2,3)4/h6-8H,9H2,1-5H3/p+1. The SMILES string of the molecule is COc1ccc(C(C)=O)c2[nH]cc(C[N+](C)(C)C)c12. The monoisotopic (exact) mass is 261 g/mol. The Morgan fingerprint density at radius 3 is 2.53 bits per heavy atom. The van der Waals surface area contributed by atoms with Gasteiger partial charge < -0.3 is 14.2 Å². The maximum Gasteiger partial charge on any atom is 0.161 e. The minimum Gasteiger partial charge on any atom is -0.496 e. The first-order valence-electron chi connectivity index (χ1n) is 6.32. The fourth-order valence-corrected chi connectivity index (χ4v) is 2.38. The minimum atomic E-state index is 0.0614. The zero-order chi connectivity index (χ0) is 14.2. The summed E-state index contributed by atoms with van der Waals surface area (Å²) in [5.41, 5.74) is 2.75. The van der Waals surface area contributed by atoms with Crippen molar-refractivity contribution < 1.29 is 14.0 Å². The molecule has 0 bridgehead atoms. The van der Waals surface area contributed by atoms with E-state index in [1.807, 2.05) is 18.3 Å². The van der Waals surface area contributed by atoms with Crippen molar-refractivity contribution in [2.45, 2.75) is 13.5 Å². The molecule has 2 aromatic rings. The zero-order valence-electron chi connectivity index (χ0n) is 12.2. The van der Waals surface area contributed by atoms with Crippen LogP contribution in [0.25, 0.3) is 10.9 Å². The number of carbonyl (C=O) groups is 1. The molecule has 0 amide bonds. The van der Waals surface area contributed by atoms with Gasteiger partial charge in [0.05, 0.1) is 39.2 Å². The van der Waals surface area contributed by atoms with Gasteiger partial charge in [0.1, 0.15) is 12.3 Å². The summed E-state index contributed by atoms with van der Waals surface area (Å²) in [4.78, 5) is 14.9. The predicted octanol–water partition coefficient (Wildman–Crippen LogP) is 2.59. The Kier molecular flexibility index (Phi) is 3.37. The Bertz CT molecular complexity index is 621. The van der Waals surface area contributed by atoms with Gasteiger partial charge in [-0.2, -0.15) is 0 Å². The maximum atomic E-state index is 11.7. The molecule has 4 nitrogen and oxygen atoms in total. The molecule has 0 aliphatic carbocycles. The van der Waals surface area contributed by atoms with E-state index in [0.29, 0.717) is 5.56 Å². The van der Waals surface area contributed by atoms with E-state index in [1.54, 1.807) is 14.0 Å². The van der Waals surface area contributed by atoms with Crippen LogP contribution in [0, 0.1) is 0 Å². The van der Waals surface area contributed by atoms with Crippen LogP contribution in [0.3, 0.4) is 0 Å². The molecule has 0 radical (unpaired) electrons. The predicted molar refractivity (Wildman–Crippen MR) is 76.6 cm³/mol. The molecule has 2 rings (SSSR count). The molecular formula is C15H21N2O2+. The third-order valence-corrected chi connectivity index (χ3v) is 3.12. The van der Waals surface area contributed by atoms with Gasteiger partial charge in [-0.05, 0) is 19.1 Å². The molecule has 1 N–H and O–H groups in total. The van der Waals surface area contributed by atoms with E-state index in [0.717, 1.165) is 27.7 Å². The summed E-state index contributed by atoms with van der Waals surface area (Å²) < 4.78 is 6.26. The number of hydrogen-bond donors (Lipinski definition) is 1. The highest BCUT2D eigenvalue weighted by Crippen LogP contribution is 2.32. The van der Waals surface area contributed by atoms with Crippen LogP contribution in [0.15, 0.2) is 18.3 Å². The molecule has 0 fully saturated rings. The summed E-state index contributed by atoms with van der Waals surface area (Å²) in [6.45, 7) is 2.46. The highest BCUT2D eigenvalue weighted by atomic mass is 16.5. The third-order valence-electron chi connectivity index (χ3n) is 3.12. The Balaban J connectivity index is 2.68. The summed E-state index contributed by atoms with van der Waals surface area (Å²) in [5, 5.41) is 1.02. The lowest BCUT2D eigenvalue weighted by atomic mass is 10.0. The van der Waals surface area contributed by atoms with E-state index in [-0.39, 0.29) is 5.78 Å². The molecule has 1 heterocycles. The molecule has 1 aromatic heterocycles. The van der Waals surface area contributed by atoms with Gasteiger partial charge >= 0.3 is 0 Å². The average molecular weight is 261 g/mol. The van der Waals surface area contributed by atoms with Crippen LogP contribution in [0.1, 0.15) is 22.8 Å². The molecule has 0 unspecified atom stereocenters. The Hall–Kier alpha value is -1.81.